The first kappa shape index (κ1) is 31.7. The highest BCUT2D eigenvalue weighted by Gasteiger charge is 2.33. The van der Waals surface area contributed by atoms with Gasteiger partial charge in [0.2, 0.25) is 5.91 Å². The Morgan fingerprint density at radius 2 is 1.76 bits per heavy atom. The highest BCUT2D eigenvalue weighted by Crippen LogP contribution is 2.35. The van der Waals surface area contributed by atoms with Gasteiger partial charge >= 0.3 is 12.4 Å². The van der Waals surface area contributed by atoms with E-state index in [0.717, 1.165) is 22.3 Å². The van der Waals surface area contributed by atoms with Crippen molar-refractivity contribution in [3.8, 4) is 22.8 Å². The molecule has 1 fully saturated rings. The number of methoxy groups -OCH3 is 1. The summed E-state index contributed by atoms with van der Waals surface area (Å²) in [6, 6.07) is 14.0. The summed E-state index contributed by atoms with van der Waals surface area (Å²) in [5, 5.41) is 7.57. The van der Waals surface area contributed by atoms with Crippen LogP contribution in [-0.4, -0.2) is 51.1 Å². The van der Waals surface area contributed by atoms with Crippen LogP contribution < -0.4 is 15.0 Å². The summed E-state index contributed by atoms with van der Waals surface area (Å²) in [7, 11) is 1.59. The van der Waals surface area contributed by atoms with Crippen molar-refractivity contribution in [1.82, 2.24) is 14.8 Å². The molecule has 1 saturated heterocycles. The molecule has 1 aliphatic heterocycles. The van der Waals surface area contributed by atoms with Crippen LogP contribution in [0.2, 0.25) is 0 Å². The van der Waals surface area contributed by atoms with E-state index in [-0.39, 0.29) is 28.7 Å². The van der Waals surface area contributed by atoms with Crippen molar-refractivity contribution in [3.63, 3.8) is 0 Å². The number of amides is 3. The van der Waals surface area contributed by atoms with Crippen LogP contribution in [0.15, 0.2) is 65.9 Å². The summed E-state index contributed by atoms with van der Waals surface area (Å²) in [6.45, 7) is 7.45. The van der Waals surface area contributed by atoms with Crippen LogP contribution in [0.1, 0.15) is 35.3 Å². The van der Waals surface area contributed by atoms with Crippen molar-refractivity contribution in [2.75, 3.05) is 23.1 Å². The number of benzene rings is 3. The van der Waals surface area contributed by atoms with Crippen LogP contribution in [0.3, 0.4) is 0 Å². The molecule has 0 radical (unpaired) electrons. The van der Waals surface area contributed by atoms with E-state index in [9.17, 15) is 22.8 Å². The lowest BCUT2D eigenvalue weighted by molar-refractivity contribution is -0.274. The minimum Gasteiger partial charge on any atom is -0.406 e. The van der Waals surface area contributed by atoms with E-state index in [0.29, 0.717) is 28.5 Å². The number of nitrogens with one attached hydrogen (secondary N) is 1. The Hall–Kier alpha value is -4.69. The Balaban J connectivity index is 1.35. The second-order valence-corrected chi connectivity index (χ2v) is 11.3. The van der Waals surface area contributed by atoms with Crippen LogP contribution in [-0.2, 0) is 9.53 Å². The summed E-state index contributed by atoms with van der Waals surface area (Å²) in [6.07, 6.45) is -3.61. The number of anilines is 2. The second-order valence-electron chi connectivity index (χ2n) is 10.3. The molecule has 4 aromatic rings. The van der Waals surface area contributed by atoms with Gasteiger partial charge in [-0.05, 0) is 86.8 Å². The third kappa shape index (κ3) is 7.18. The van der Waals surface area contributed by atoms with Gasteiger partial charge < -0.3 is 14.8 Å². The fourth-order valence-electron chi connectivity index (χ4n) is 4.83. The molecule has 14 heteroatoms. The third-order valence-electron chi connectivity index (χ3n) is 7.03. The number of carbonyl (C=O) groups excluding carboxylic acids is 2. The van der Waals surface area contributed by atoms with Crippen LogP contribution in [0.5, 0.6) is 5.75 Å². The van der Waals surface area contributed by atoms with E-state index in [1.54, 1.807) is 19.2 Å². The third-order valence-corrected chi connectivity index (χ3v) is 7.95. The standard InChI is InChI=1S/C31H29F3N6O4S/c1-17-6-11-24(20(4)43-5)25(12-17)40-26(41)15-45-30(40)37-29(42)36-27-18(2)13-21(14-19(27)3)28-35-16-39(38-28)22-7-9-23(10-8-22)44-31(32,33)34/h6-14,16,20H,15H2,1-5H3,(H,36,42). The lowest BCUT2D eigenvalue weighted by atomic mass is 10.0. The number of halogens is 3. The molecule has 1 aliphatic rings. The zero-order chi connectivity index (χ0) is 32.5. The normalized spacial score (nSPS) is 15.1. The summed E-state index contributed by atoms with van der Waals surface area (Å²) in [5.41, 5.74) is 5.55. The minimum absolute atomic E-state index is 0.152. The Morgan fingerprint density at radius 3 is 2.40 bits per heavy atom. The van der Waals surface area contributed by atoms with Gasteiger partial charge in [-0.1, -0.05) is 23.9 Å². The molecule has 0 saturated carbocycles. The zero-order valence-corrected chi connectivity index (χ0v) is 25.8. The average molecular weight is 639 g/mol. The van der Waals surface area contributed by atoms with Gasteiger partial charge in [-0.2, -0.15) is 4.99 Å². The molecule has 1 aromatic heterocycles. The number of aromatic nitrogens is 3. The number of urea groups is 1. The molecule has 1 unspecified atom stereocenters. The molecule has 1 atom stereocenters. The van der Waals surface area contributed by atoms with Gasteiger partial charge in [0.1, 0.15) is 12.1 Å². The monoisotopic (exact) mass is 638 g/mol. The van der Waals surface area contributed by atoms with Gasteiger partial charge in [0.25, 0.3) is 0 Å². The molecule has 45 heavy (non-hydrogen) atoms. The molecule has 0 aliphatic carbocycles. The Morgan fingerprint density at radius 1 is 1.07 bits per heavy atom. The first-order valence-electron chi connectivity index (χ1n) is 13.7. The van der Waals surface area contributed by atoms with Crippen LogP contribution >= 0.6 is 11.8 Å². The molecule has 3 aromatic carbocycles. The lowest BCUT2D eigenvalue weighted by Gasteiger charge is -2.23. The molecule has 10 nitrogen and oxygen atoms in total. The number of alkyl halides is 3. The number of thioether (sulfide) groups is 1. The summed E-state index contributed by atoms with van der Waals surface area (Å²) >= 11 is 1.19. The van der Waals surface area contributed by atoms with Crippen molar-refractivity contribution in [3.05, 3.63) is 83.2 Å². The van der Waals surface area contributed by atoms with Crippen LogP contribution in [0.4, 0.5) is 29.3 Å². The van der Waals surface area contributed by atoms with Gasteiger partial charge in [-0.25, -0.2) is 14.5 Å². The van der Waals surface area contributed by atoms with E-state index in [4.69, 9.17) is 4.74 Å². The van der Waals surface area contributed by atoms with E-state index >= 15 is 0 Å². The van der Waals surface area contributed by atoms with Gasteiger partial charge in [-0.3, -0.25) is 9.69 Å². The summed E-state index contributed by atoms with van der Waals surface area (Å²) in [4.78, 5) is 36.1. The predicted octanol–water partition coefficient (Wildman–Crippen LogP) is 7.13. The zero-order valence-electron chi connectivity index (χ0n) is 25.0. The van der Waals surface area contributed by atoms with Crippen molar-refractivity contribution in [1.29, 1.82) is 0 Å². The quantitative estimate of drug-likeness (QED) is 0.229. The fourth-order valence-corrected chi connectivity index (χ4v) is 5.69. The van der Waals surface area contributed by atoms with Crippen molar-refractivity contribution >= 4 is 40.2 Å². The molecule has 0 spiro atoms. The Kier molecular flexibility index (Phi) is 8.98. The minimum atomic E-state index is -4.78. The first-order chi connectivity index (χ1) is 21.3. The summed E-state index contributed by atoms with van der Waals surface area (Å²) in [5.74, 6) is 0.00678. The number of carbonyl (C=O) groups is 2. The fraction of sp³-hybridized carbons (Fsp3) is 0.258. The SMILES string of the molecule is COC(C)c1ccc(C)cc1N1C(=O)CSC1=NC(=O)Nc1c(C)cc(-c2ncn(-c3ccc(OC(F)(F)F)cc3)n2)cc1C. The highest BCUT2D eigenvalue weighted by molar-refractivity contribution is 8.15. The number of nitrogens with zero attached hydrogens (tertiary/aromatic N) is 5. The highest BCUT2D eigenvalue weighted by atomic mass is 32.2. The van der Waals surface area contributed by atoms with Gasteiger partial charge in [0, 0.05) is 23.9 Å². The second kappa shape index (κ2) is 12.7. The van der Waals surface area contributed by atoms with Crippen molar-refractivity contribution in [2.24, 2.45) is 4.99 Å². The first-order valence-corrected chi connectivity index (χ1v) is 14.7. The number of aryl methyl sites for hydroxylation is 3. The van der Waals surface area contributed by atoms with Gasteiger partial charge in [0.05, 0.1) is 23.2 Å². The maximum atomic E-state index is 13.1. The number of hydrogen-bond donors (Lipinski definition) is 1. The Bertz CT molecular complexity index is 1770. The molecule has 3 amide bonds. The topological polar surface area (TPSA) is 111 Å². The Labute approximate surface area is 261 Å². The molecular weight excluding hydrogens is 609 g/mol. The predicted molar refractivity (Wildman–Crippen MR) is 166 cm³/mol. The van der Waals surface area contributed by atoms with Crippen LogP contribution in [0.25, 0.3) is 17.1 Å². The molecule has 2 heterocycles. The number of hydrogen-bond acceptors (Lipinski definition) is 7. The maximum absolute atomic E-state index is 13.1. The molecule has 5 rings (SSSR count). The molecule has 0 bridgehead atoms. The molecule has 234 valence electrons. The molecule has 1 N–H and O–H groups in total. The van der Waals surface area contributed by atoms with Crippen molar-refractivity contribution < 1.29 is 32.2 Å². The number of aliphatic imine (C=N–C) groups is 1. The van der Waals surface area contributed by atoms with E-state index in [1.807, 2.05) is 45.9 Å². The number of rotatable bonds is 7. The van der Waals surface area contributed by atoms with Crippen LogP contribution in [0, 0.1) is 20.8 Å². The summed E-state index contributed by atoms with van der Waals surface area (Å²) < 4.78 is 48.3. The van der Waals surface area contributed by atoms with E-state index < -0.39 is 12.4 Å². The smallest absolute Gasteiger partial charge is 0.406 e. The largest absolute Gasteiger partial charge is 0.573 e. The van der Waals surface area contributed by atoms with Gasteiger partial charge in [0.15, 0.2) is 11.0 Å². The maximum Gasteiger partial charge on any atom is 0.573 e. The number of amidine groups is 1. The van der Waals surface area contributed by atoms with E-state index in [2.05, 4.69) is 25.1 Å². The van der Waals surface area contributed by atoms with Crippen molar-refractivity contribution in [2.45, 2.75) is 40.2 Å². The average Bonchev–Trinajstić information content (AvgIpc) is 3.61. The number of ether oxygens (including phenoxy) is 2. The lowest BCUT2D eigenvalue weighted by Crippen LogP contribution is -2.31. The van der Waals surface area contributed by atoms with Gasteiger partial charge in [-0.15, -0.1) is 18.3 Å². The van der Waals surface area contributed by atoms with E-state index in [1.165, 1.54) is 51.9 Å². The molecular formula is C31H29F3N6O4S.